The van der Waals surface area contributed by atoms with Gasteiger partial charge in [0.2, 0.25) is 0 Å². The van der Waals surface area contributed by atoms with E-state index in [2.05, 4.69) is 11.8 Å². The van der Waals surface area contributed by atoms with Crippen molar-refractivity contribution in [3.05, 3.63) is 35.1 Å². The van der Waals surface area contributed by atoms with Gasteiger partial charge in [-0.05, 0) is 25.1 Å². The quantitative estimate of drug-likeness (QED) is 0.625. The third-order valence-electron chi connectivity index (χ3n) is 1.47. The fourth-order valence-corrected chi connectivity index (χ4v) is 0.924. The molecule has 0 bridgehead atoms. The van der Waals surface area contributed by atoms with Crippen molar-refractivity contribution in [3.8, 4) is 17.9 Å². The van der Waals surface area contributed by atoms with E-state index >= 15 is 0 Å². The molecule has 0 saturated carbocycles. The molecule has 1 rings (SSSR count). The molecule has 1 aromatic carbocycles. The SMILES string of the molecule is CC(N)C#Cc1cc(F)cc(C#N)c1. The number of hydrogen-bond donors (Lipinski definition) is 1. The van der Waals surface area contributed by atoms with E-state index in [1.807, 2.05) is 6.07 Å². The van der Waals surface area contributed by atoms with Gasteiger partial charge in [0, 0.05) is 5.56 Å². The average molecular weight is 188 g/mol. The largest absolute Gasteiger partial charge is 0.318 e. The number of rotatable bonds is 0. The van der Waals surface area contributed by atoms with Crippen LogP contribution in [0.3, 0.4) is 0 Å². The Morgan fingerprint density at radius 3 is 2.57 bits per heavy atom. The summed E-state index contributed by atoms with van der Waals surface area (Å²) in [6.45, 7) is 1.73. The monoisotopic (exact) mass is 188 g/mol. The molecule has 2 nitrogen and oxygen atoms in total. The van der Waals surface area contributed by atoms with Gasteiger partial charge in [0.05, 0.1) is 17.7 Å². The van der Waals surface area contributed by atoms with E-state index in [1.165, 1.54) is 12.1 Å². The van der Waals surface area contributed by atoms with Crippen LogP contribution in [0, 0.1) is 29.0 Å². The Bertz CT molecular complexity index is 433. The van der Waals surface area contributed by atoms with Crippen LogP contribution in [0.1, 0.15) is 18.1 Å². The maximum atomic E-state index is 12.9. The smallest absolute Gasteiger partial charge is 0.125 e. The van der Waals surface area contributed by atoms with E-state index < -0.39 is 5.82 Å². The number of halogens is 1. The van der Waals surface area contributed by atoms with Gasteiger partial charge in [-0.2, -0.15) is 5.26 Å². The van der Waals surface area contributed by atoms with E-state index in [4.69, 9.17) is 11.0 Å². The van der Waals surface area contributed by atoms with Gasteiger partial charge in [0.15, 0.2) is 0 Å². The summed E-state index contributed by atoms with van der Waals surface area (Å²) in [7, 11) is 0. The topological polar surface area (TPSA) is 49.8 Å². The van der Waals surface area contributed by atoms with E-state index in [9.17, 15) is 4.39 Å². The standard InChI is InChI=1S/C11H9FN2/c1-8(14)2-3-9-4-10(7-13)6-11(12)5-9/h4-6,8H,14H2,1H3. The summed E-state index contributed by atoms with van der Waals surface area (Å²) in [6, 6.07) is 5.56. The second-order valence-electron chi connectivity index (χ2n) is 2.90. The van der Waals surface area contributed by atoms with Gasteiger partial charge in [0.25, 0.3) is 0 Å². The van der Waals surface area contributed by atoms with Crippen LogP contribution in [-0.2, 0) is 0 Å². The number of nitrogens with zero attached hydrogens (tertiary/aromatic N) is 1. The Morgan fingerprint density at radius 1 is 1.36 bits per heavy atom. The molecule has 0 radical (unpaired) electrons. The molecule has 0 spiro atoms. The third kappa shape index (κ3) is 2.90. The normalized spacial score (nSPS) is 11.0. The first-order valence-corrected chi connectivity index (χ1v) is 4.09. The highest BCUT2D eigenvalue weighted by Gasteiger charge is 1.97. The third-order valence-corrected chi connectivity index (χ3v) is 1.47. The fourth-order valence-electron chi connectivity index (χ4n) is 0.924. The van der Waals surface area contributed by atoms with E-state index in [-0.39, 0.29) is 11.6 Å². The van der Waals surface area contributed by atoms with Gasteiger partial charge in [-0.1, -0.05) is 11.8 Å². The second-order valence-corrected chi connectivity index (χ2v) is 2.90. The van der Waals surface area contributed by atoms with Crippen molar-refractivity contribution in [2.75, 3.05) is 0 Å². The van der Waals surface area contributed by atoms with Crippen molar-refractivity contribution in [2.24, 2.45) is 5.73 Å². The van der Waals surface area contributed by atoms with Crippen molar-refractivity contribution in [3.63, 3.8) is 0 Å². The highest BCUT2D eigenvalue weighted by molar-refractivity contribution is 5.42. The maximum absolute atomic E-state index is 12.9. The average Bonchev–Trinajstić information content (AvgIpc) is 2.14. The lowest BCUT2D eigenvalue weighted by atomic mass is 10.1. The molecule has 0 amide bonds. The van der Waals surface area contributed by atoms with Crippen LogP contribution in [0.2, 0.25) is 0 Å². The predicted molar refractivity (Wildman–Crippen MR) is 51.6 cm³/mol. The summed E-state index contributed by atoms with van der Waals surface area (Å²) in [5.74, 6) is 4.93. The summed E-state index contributed by atoms with van der Waals surface area (Å²) in [4.78, 5) is 0. The van der Waals surface area contributed by atoms with Crippen LogP contribution in [0.5, 0.6) is 0 Å². The molecule has 0 aliphatic rings. The first-order valence-electron chi connectivity index (χ1n) is 4.09. The van der Waals surface area contributed by atoms with Crippen LogP contribution in [0.25, 0.3) is 0 Å². The van der Waals surface area contributed by atoms with Gasteiger partial charge in [-0.15, -0.1) is 0 Å². The highest BCUT2D eigenvalue weighted by atomic mass is 19.1. The number of benzene rings is 1. The summed E-state index contributed by atoms with van der Waals surface area (Å²) in [5, 5.41) is 8.57. The van der Waals surface area contributed by atoms with Crippen molar-refractivity contribution >= 4 is 0 Å². The van der Waals surface area contributed by atoms with Crippen LogP contribution >= 0.6 is 0 Å². The van der Waals surface area contributed by atoms with Gasteiger partial charge in [0.1, 0.15) is 5.82 Å². The Hall–Kier alpha value is -1.84. The van der Waals surface area contributed by atoms with E-state index in [0.717, 1.165) is 6.07 Å². The lowest BCUT2D eigenvalue weighted by Crippen LogP contribution is -2.10. The summed E-state index contributed by atoms with van der Waals surface area (Å²) in [6.07, 6.45) is 0. The molecule has 3 heteroatoms. The lowest BCUT2D eigenvalue weighted by Gasteiger charge is -1.94. The molecular weight excluding hydrogens is 179 g/mol. The van der Waals surface area contributed by atoms with E-state index in [0.29, 0.717) is 5.56 Å². The molecule has 1 unspecified atom stereocenters. The molecule has 0 aliphatic heterocycles. The van der Waals surface area contributed by atoms with Gasteiger partial charge < -0.3 is 5.73 Å². The molecule has 70 valence electrons. The summed E-state index contributed by atoms with van der Waals surface area (Å²) in [5.41, 5.74) is 6.15. The number of nitriles is 1. The van der Waals surface area contributed by atoms with Crippen LogP contribution in [0.4, 0.5) is 4.39 Å². The first-order chi connectivity index (χ1) is 6.61. The Kier molecular flexibility index (Phi) is 3.23. The molecule has 0 aliphatic carbocycles. The zero-order valence-corrected chi connectivity index (χ0v) is 7.71. The molecule has 0 fully saturated rings. The zero-order chi connectivity index (χ0) is 10.6. The molecule has 1 atom stereocenters. The van der Waals surface area contributed by atoms with Gasteiger partial charge >= 0.3 is 0 Å². The summed E-state index contributed by atoms with van der Waals surface area (Å²) >= 11 is 0. The minimum atomic E-state index is -0.460. The van der Waals surface area contributed by atoms with Crippen molar-refractivity contribution in [1.29, 1.82) is 5.26 Å². The van der Waals surface area contributed by atoms with Crippen molar-refractivity contribution in [1.82, 2.24) is 0 Å². The molecule has 1 aromatic rings. The minimum absolute atomic E-state index is 0.260. The molecule has 0 saturated heterocycles. The molecule has 14 heavy (non-hydrogen) atoms. The van der Waals surface area contributed by atoms with Crippen molar-refractivity contribution < 1.29 is 4.39 Å². The summed E-state index contributed by atoms with van der Waals surface area (Å²) < 4.78 is 12.9. The van der Waals surface area contributed by atoms with Gasteiger partial charge in [-0.3, -0.25) is 0 Å². The van der Waals surface area contributed by atoms with E-state index in [1.54, 1.807) is 6.92 Å². The minimum Gasteiger partial charge on any atom is -0.318 e. The molecule has 0 aromatic heterocycles. The Labute approximate surface area is 82.2 Å². The van der Waals surface area contributed by atoms with Crippen molar-refractivity contribution in [2.45, 2.75) is 13.0 Å². The highest BCUT2D eigenvalue weighted by Crippen LogP contribution is 2.07. The van der Waals surface area contributed by atoms with Crippen LogP contribution in [0.15, 0.2) is 18.2 Å². The fraction of sp³-hybridized carbons (Fsp3) is 0.182. The van der Waals surface area contributed by atoms with Gasteiger partial charge in [-0.25, -0.2) is 4.39 Å². The number of nitrogens with two attached hydrogens (primary N) is 1. The molecular formula is C11H9FN2. The number of hydrogen-bond acceptors (Lipinski definition) is 2. The van der Waals surface area contributed by atoms with Crippen LogP contribution in [-0.4, -0.2) is 6.04 Å². The van der Waals surface area contributed by atoms with Crippen LogP contribution < -0.4 is 5.73 Å². The lowest BCUT2D eigenvalue weighted by molar-refractivity contribution is 0.627. The molecule has 2 N–H and O–H groups in total. The Balaban J connectivity index is 3.07. The second kappa shape index (κ2) is 4.41. The first kappa shape index (κ1) is 10.2. The molecule has 0 heterocycles. The zero-order valence-electron chi connectivity index (χ0n) is 7.71. The predicted octanol–water partition coefficient (Wildman–Crippen LogP) is 1.40. The Morgan fingerprint density at radius 2 is 2.00 bits per heavy atom. The maximum Gasteiger partial charge on any atom is 0.125 e.